The number of hydrogen-bond donors (Lipinski definition) is 2. The summed E-state index contributed by atoms with van der Waals surface area (Å²) in [5, 5.41) is 9.60. The molecule has 1 atom stereocenters. The fourth-order valence-corrected chi connectivity index (χ4v) is 1.24. The van der Waals surface area contributed by atoms with Gasteiger partial charge in [0.2, 0.25) is 0 Å². The zero-order valence-electron chi connectivity index (χ0n) is 10.4. The highest BCUT2D eigenvalue weighted by molar-refractivity contribution is 5.41. The van der Waals surface area contributed by atoms with Crippen LogP contribution >= 0.6 is 0 Å². The molecule has 0 aromatic heterocycles. The van der Waals surface area contributed by atoms with Gasteiger partial charge in [-0.2, -0.15) is 0 Å². The molecule has 96 valence electrons. The largest absolute Gasteiger partial charge is 0.491 e. The lowest BCUT2D eigenvalue weighted by atomic mass is 10.2. The average molecular weight is 239 g/mol. The van der Waals surface area contributed by atoms with Gasteiger partial charge in [-0.15, -0.1) is 0 Å². The van der Waals surface area contributed by atoms with Crippen molar-refractivity contribution in [3.8, 4) is 5.75 Å². The molecule has 0 saturated heterocycles. The highest BCUT2D eigenvalue weighted by atomic mass is 16.5. The number of ether oxygens (including phenoxy) is 2. The SMILES string of the molecule is CC(C)COCC(O)COc1ccc(N)cc1. The van der Waals surface area contributed by atoms with Crippen molar-refractivity contribution in [3.63, 3.8) is 0 Å². The molecule has 1 unspecified atom stereocenters. The standard InChI is InChI=1S/C13H21NO3/c1-10(2)7-16-8-12(15)9-17-13-5-3-11(14)4-6-13/h3-6,10,12,15H,7-9,14H2,1-2H3. The van der Waals surface area contributed by atoms with E-state index in [0.717, 1.165) is 0 Å². The highest BCUT2D eigenvalue weighted by Crippen LogP contribution is 2.13. The van der Waals surface area contributed by atoms with Crippen LogP contribution in [0.4, 0.5) is 5.69 Å². The number of nitrogens with two attached hydrogens (primary N) is 1. The van der Waals surface area contributed by atoms with Crippen molar-refractivity contribution in [1.82, 2.24) is 0 Å². The Bertz CT molecular complexity index is 311. The van der Waals surface area contributed by atoms with E-state index in [0.29, 0.717) is 30.6 Å². The van der Waals surface area contributed by atoms with Crippen molar-refractivity contribution in [2.75, 3.05) is 25.6 Å². The maximum atomic E-state index is 9.60. The summed E-state index contributed by atoms with van der Waals surface area (Å²) in [7, 11) is 0. The first kappa shape index (κ1) is 13.8. The van der Waals surface area contributed by atoms with Gasteiger partial charge in [-0.25, -0.2) is 0 Å². The molecule has 1 aromatic carbocycles. The number of nitrogen functional groups attached to an aromatic ring is 1. The zero-order valence-corrected chi connectivity index (χ0v) is 10.4. The van der Waals surface area contributed by atoms with Crippen molar-refractivity contribution in [2.45, 2.75) is 20.0 Å². The summed E-state index contributed by atoms with van der Waals surface area (Å²) < 4.78 is 10.7. The first-order valence-electron chi connectivity index (χ1n) is 5.82. The van der Waals surface area contributed by atoms with Gasteiger partial charge in [0.1, 0.15) is 18.5 Å². The van der Waals surface area contributed by atoms with E-state index in [4.69, 9.17) is 15.2 Å². The summed E-state index contributed by atoms with van der Waals surface area (Å²) >= 11 is 0. The second-order valence-corrected chi connectivity index (χ2v) is 4.47. The van der Waals surface area contributed by atoms with Crippen LogP contribution in [0.5, 0.6) is 5.75 Å². The van der Waals surface area contributed by atoms with Gasteiger partial charge in [-0.3, -0.25) is 0 Å². The van der Waals surface area contributed by atoms with Crippen molar-refractivity contribution in [3.05, 3.63) is 24.3 Å². The van der Waals surface area contributed by atoms with Crippen LogP contribution in [0.2, 0.25) is 0 Å². The first-order valence-corrected chi connectivity index (χ1v) is 5.82. The fraction of sp³-hybridized carbons (Fsp3) is 0.538. The lowest BCUT2D eigenvalue weighted by molar-refractivity contribution is 0.00394. The van der Waals surface area contributed by atoms with E-state index in [9.17, 15) is 5.11 Å². The molecule has 4 heteroatoms. The van der Waals surface area contributed by atoms with Crippen LogP contribution in [0.1, 0.15) is 13.8 Å². The summed E-state index contributed by atoms with van der Waals surface area (Å²) in [6.07, 6.45) is -0.605. The van der Waals surface area contributed by atoms with E-state index in [-0.39, 0.29) is 6.61 Å². The molecule has 0 aliphatic carbocycles. The maximum Gasteiger partial charge on any atom is 0.119 e. The van der Waals surface area contributed by atoms with Gasteiger partial charge in [-0.05, 0) is 30.2 Å². The van der Waals surface area contributed by atoms with E-state index in [1.807, 2.05) is 0 Å². The third-order valence-electron chi connectivity index (χ3n) is 2.08. The molecule has 0 fully saturated rings. The van der Waals surface area contributed by atoms with Crippen molar-refractivity contribution in [2.24, 2.45) is 5.92 Å². The second kappa shape index (κ2) is 7.14. The van der Waals surface area contributed by atoms with Crippen molar-refractivity contribution >= 4 is 5.69 Å². The molecule has 0 spiro atoms. The quantitative estimate of drug-likeness (QED) is 0.711. The molecule has 0 bridgehead atoms. The highest BCUT2D eigenvalue weighted by Gasteiger charge is 2.06. The van der Waals surface area contributed by atoms with E-state index < -0.39 is 6.10 Å². The number of rotatable bonds is 7. The smallest absolute Gasteiger partial charge is 0.119 e. The summed E-state index contributed by atoms with van der Waals surface area (Å²) in [5.74, 6) is 1.17. The Hall–Kier alpha value is -1.26. The van der Waals surface area contributed by atoms with Gasteiger partial charge < -0.3 is 20.3 Å². The number of aliphatic hydroxyl groups excluding tert-OH is 1. The molecule has 1 rings (SSSR count). The molecule has 1 aromatic rings. The number of hydrogen-bond acceptors (Lipinski definition) is 4. The third-order valence-corrected chi connectivity index (χ3v) is 2.08. The lowest BCUT2D eigenvalue weighted by Crippen LogP contribution is -2.24. The summed E-state index contributed by atoms with van der Waals surface area (Å²) in [4.78, 5) is 0. The number of aliphatic hydroxyl groups is 1. The van der Waals surface area contributed by atoms with Gasteiger partial charge in [0, 0.05) is 12.3 Å². The topological polar surface area (TPSA) is 64.7 Å². The van der Waals surface area contributed by atoms with Gasteiger partial charge in [0.15, 0.2) is 0 Å². The molecule has 0 aliphatic heterocycles. The van der Waals surface area contributed by atoms with Crippen molar-refractivity contribution < 1.29 is 14.6 Å². The van der Waals surface area contributed by atoms with Gasteiger partial charge >= 0.3 is 0 Å². The second-order valence-electron chi connectivity index (χ2n) is 4.47. The maximum absolute atomic E-state index is 9.60. The van der Waals surface area contributed by atoms with Gasteiger partial charge in [0.05, 0.1) is 6.61 Å². The molecular formula is C13H21NO3. The molecule has 0 heterocycles. The minimum absolute atomic E-state index is 0.224. The van der Waals surface area contributed by atoms with Crippen LogP contribution in [0.25, 0.3) is 0 Å². The Morgan fingerprint density at radius 1 is 1.12 bits per heavy atom. The van der Waals surface area contributed by atoms with E-state index in [1.165, 1.54) is 0 Å². The van der Waals surface area contributed by atoms with Crippen LogP contribution in [0, 0.1) is 5.92 Å². The van der Waals surface area contributed by atoms with Crippen LogP contribution < -0.4 is 10.5 Å². The normalized spacial score (nSPS) is 12.7. The predicted octanol–water partition coefficient (Wildman–Crippen LogP) is 1.68. The lowest BCUT2D eigenvalue weighted by Gasteiger charge is -2.13. The molecule has 0 saturated carbocycles. The van der Waals surface area contributed by atoms with Crippen LogP contribution in [-0.2, 0) is 4.74 Å². The molecular weight excluding hydrogens is 218 g/mol. The van der Waals surface area contributed by atoms with Gasteiger partial charge in [-0.1, -0.05) is 13.8 Å². The number of benzene rings is 1. The minimum atomic E-state index is -0.605. The summed E-state index contributed by atoms with van der Waals surface area (Å²) in [6, 6.07) is 7.07. The van der Waals surface area contributed by atoms with Gasteiger partial charge in [0.25, 0.3) is 0 Å². The molecule has 0 aliphatic rings. The number of anilines is 1. The zero-order chi connectivity index (χ0) is 12.7. The van der Waals surface area contributed by atoms with E-state index >= 15 is 0 Å². The summed E-state index contributed by atoms with van der Waals surface area (Å²) in [6.45, 7) is 5.31. The van der Waals surface area contributed by atoms with E-state index in [1.54, 1.807) is 24.3 Å². The van der Waals surface area contributed by atoms with Crippen LogP contribution in [0.15, 0.2) is 24.3 Å². The Balaban J connectivity index is 2.19. The monoisotopic (exact) mass is 239 g/mol. The average Bonchev–Trinajstić information content (AvgIpc) is 2.28. The first-order chi connectivity index (χ1) is 8.08. The molecule has 0 radical (unpaired) electrons. The Labute approximate surface area is 102 Å². The Morgan fingerprint density at radius 3 is 2.35 bits per heavy atom. The fourth-order valence-electron chi connectivity index (χ4n) is 1.24. The Morgan fingerprint density at radius 2 is 1.76 bits per heavy atom. The summed E-state index contributed by atoms with van der Waals surface area (Å²) in [5.41, 5.74) is 6.24. The van der Waals surface area contributed by atoms with Crippen molar-refractivity contribution in [1.29, 1.82) is 0 Å². The van der Waals surface area contributed by atoms with E-state index in [2.05, 4.69) is 13.8 Å². The predicted molar refractivity (Wildman–Crippen MR) is 68.0 cm³/mol. The van der Waals surface area contributed by atoms with Crippen LogP contribution in [-0.4, -0.2) is 31.0 Å². The Kier molecular flexibility index (Phi) is 5.80. The molecule has 4 nitrogen and oxygen atoms in total. The molecule has 0 amide bonds. The molecule has 17 heavy (non-hydrogen) atoms. The third kappa shape index (κ3) is 6.14. The molecule has 3 N–H and O–H groups in total. The minimum Gasteiger partial charge on any atom is -0.491 e. The van der Waals surface area contributed by atoms with Crippen LogP contribution in [0.3, 0.4) is 0 Å².